The largest absolute Gasteiger partial charge is 0.444 e. The van der Waals surface area contributed by atoms with Crippen LogP contribution in [0.3, 0.4) is 0 Å². The molecule has 0 saturated carbocycles. The van der Waals surface area contributed by atoms with Crippen molar-refractivity contribution in [3.8, 4) is 16.8 Å². The van der Waals surface area contributed by atoms with Crippen molar-refractivity contribution < 1.29 is 9.53 Å². The molecule has 1 amide bonds. The van der Waals surface area contributed by atoms with Crippen LogP contribution in [0.5, 0.6) is 0 Å². The number of nitrogens with zero attached hydrogens (tertiary/aromatic N) is 2. The summed E-state index contributed by atoms with van der Waals surface area (Å²) < 4.78 is 7.09. The Morgan fingerprint density at radius 1 is 1.03 bits per heavy atom. The van der Waals surface area contributed by atoms with E-state index in [1.165, 1.54) is 5.56 Å². The molecule has 3 heterocycles. The van der Waals surface area contributed by atoms with E-state index in [2.05, 4.69) is 4.98 Å². The van der Waals surface area contributed by atoms with Gasteiger partial charge in [-0.3, -0.25) is 9.36 Å². The van der Waals surface area contributed by atoms with Gasteiger partial charge in [-0.15, -0.1) is 0 Å². The predicted octanol–water partition coefficient (Wildman–Crippen LogP) is 5.97. The summed E-state index contributed by atoms with van der Waals surface area (Å²) in [5.74, 6) is 0.258. The summed E-state index contributed by atoms with van der Waals surface area (Å²) in [4.78, 5) is 30.2. The fourth-order valence-electron chi connectivity index (χ4n) is 4.29. The monoisotopic (exact) mass is 475 g/mol. The maximum atomic E-state index is 12.9. The van der Waals surface area contributed by atoms with Crippen molar-refractivity contribution in [3.63, 3.8) is 0 Å². The third-order valence-corrected chi connectivity index (χ3v) is 6.30. The summed E-state index contributed by atoms with van der Waals surface area (Å²) in [6, 6.07) is 17.0. The molecule has 6 nitrogen and oxygen atoms in total. The van der Waals surface area contributed by atoms with Crippen molar-refractivity contribution in [1.29, 1.82) is 0 Å². The van der Waals surface area contributed by atoms with Gasteiger partial charge < -0.3 is 14.6 Å². The van der Waals surface area contributed by atoms with Crippen LogP contribution in [0.25, 0.3) is 27.7 Å². The van der Waals surface area contributed by atoms with Crippen molar-refractivity contribution in [3.05, 3.63) is 87.9 Å². The lowest BCUT2D eigenvalue weighted by Gasteiger charge is -2.39. The molecule has 1 fully saturated rings. The number of fused-ring (bicyclic) bond motifs is 1. The van der Waals surface area contributed by atoms with Crippen LogP contribution in [0.2, 0.25) is 5.02 Å². The molecule has 7 heteroatoms. The summed E-state index contributed by atoms with van der Waals surface area (Å²) in [5.41, 5.74) is 4.11. The Morgan fingerprint density at radius 3 is 2.44 bits per heavy atom. The molecule has 0 unspecified atom stereocenters. The van der Waals surface area contributed by atoms with E-state index >= 15 is 0 Å². The lowest BCUT2D eigenvalue weighted by Crippen LogP contribution is -2.50. The summed E-state index contributed by atoms with van der Waals surface area (Å²) in [7, 11) is 0. The summed E-state index contributed by atoms with van der Waals surface area (Å²) in [6.07, 6.45) is 3.52. The normalized spacial score (nSPS) is 14.3. The molecule has 5 rings (SSSR count). The number of hydrogen-bond acceptors (Lipinski definition) is 3. The van der Waals surface area contributed by atoms with Crippen LogP contribution in [0.15, 0.2) is 71.8 Å². The summed E-state index contributed by atoms with van der Waals surface area (Å²) in [5, 5.41) is 1.76. The van der Waals surface area contributed by atoms with Crippen molar-refractivity contribution >= 4 is 28.6 Å². The second kappa shape index (κ2) is 8.37. The van der Waals surface area contributed by atoms with Gasteiger partial charge in [-0.25, -0.2) is 4.79 Å². The third kappa shape index (κ3) is 4.33. The highest BCUT2D eigenvalue weighted by atomic mass is 35.5. The minimum Gasteiger partial charge on any atom is -0.444 e. The fraction of sp³-hybridized carbons (Fsp3) is 0.259. The first kappa shape index (κ1) is 22.3. The Bertz CT molecular complexity index is 1420. The number of H-pyrrole nitrogens is 1. The minimum atomic E-state index is -0.496. The SMILES string of the molecule is CC(C)(C)OC(=O)N1CC(c2c[nH]c3cc(-n4ccc(-c5ccc(Cl)cc5)cc4=O)ccc23)C1. The highest BCUT2D eigenvalue weighted by Crippen LogP contribution is 2.34. The second-order valence-electron chi connectivity index (χ2n) is 9.69. The number of halogens is 1. The predicted molar refractivity (Wildman–Crippen MR) is 135 cm³/mol. The number of amides is 1. The molecule has 1 aliphatic heterocycles. The molecule has 1 N–H and O–H groups in total. The molecule has 2 aromatic carbocycles. The van der Waals surface area contributed by atoms with Crippen LogP contribution < -0.4 is 5.56 Å². The lowest BCUT2D eigenvalue weighted by atomic mass is 9.91. The van der Waals surface area contributed by atoms with Gasteiger partial charge in [0.05, 0.1) is 5.69 Å². The van der Waals surface area contributed by atoms with Gasteiger partial charge in [0.2, 0.25) is 0 Å². The van der Waals surface area contributed by atoms with Crippen LogP contribution in [-0.4, -0.2) is 39.2 Å². The Labute approximate surface area is 202 Å². The number of benzene rings is 2. The maximum absolute atomic E-state index is 12.9. The Balaban J connectivity index is 1.35. The van der Waals surface area contributed by atoms with Gasteiger partial charge in [-0.05, 0) is 67.8 Å². The average Bonchev–Trinajstić information content (AvgIpc) is 3.15. The van der Waals surface area contributed by atoms with Gasteiger partial charge in [-0.1, -0.05) is 29.8 Å². The van der Waals surface area contributed by atoms with E-state index in [1.54, 1.807) is 21.7 Å². The molecule has 0 atom stereocenters. The van der Waals surface area contributed by atoms with E-state index in [4.69, 9.17) is 16.3 Å². The van der Waals surface area contributed by atoms with E-state index in [0.717, 1.165) is 27.7 Å². The highest BCUT2D eigenvalue weighted by molar-refractivity contribution is 6.30. The van der Waals surface area contributed by atoms with E-state index in [1.807, 2.05) is 75.5 Å². The Morgan fingerprint density at radius 2 is 1.76 bits per heavy atom. The number of rotatable bonds is 3. The maximum Gasteiger partial charge on any atom is 0.410 e. The molecule has 0 spiro atoms. The molecule has 34 heavy (non-hydrogen) atoms. The quantitative estimate of drug-likeness (QED) is 0.396. The molecule has 1 saturated heterocycles. The number of aromatic amines is 1. The molecule has 0 aliphatic carbocycles. The Hall–Kier alpha value is -3.51. The zero-order valence-corrected chi connectivity index (χ0v) is 20.1. The first-order chi connectivity index (χ1) is 16.2. The summed E-state index contributed by atoms with van der Waals surface area (Å²) >= 11 is 5.97. The number of likely N-dealkylation sites (tertiary alicyclic amines) is 1. The number of ether oxygens (including phenoxy) is 1. The first-order valence-corrected chi connectivity index (χ1v) is 11.6. The number of carbonyl (C=O) groups is 1. The van der Waals surface area contributed by atoms with Crippen LogP contribution >= 0.6 is 11.6 Å². The van der Waals surface area contributed by atoms with Crippen LogP contribution in [0, 0.1) is 0 Å². The van der Waals surface area contributed by atoms with Gasteiger partial charge in [-0.2, -0.15) is 0 Å². The standard InChI is InChI=1S/C27H26ClN3O3/c1-27(2,3)34-26(33)30-15-19(16-30)23-14-29-24-13-21(8-9-22(23)24)31-11-10-18(12-25(31)32)17-4-6-20(28)7-5-17/h4-14,19,29H,15-16H2,1-3H3. The van der Waals surface area contributed by atoms with Crippen molar-refractivity contribution in [2.24, 2.45) is 0 Å². The van der Waals surface area contributed by atoms with E-state index in [9.17, 15) is 9.59 Å². The molecule has 4 aromatic rings. The second-order valence-corrected chi connectivity index (χ2v) is 10.1. The Kier molecular flexibility index (Phi) is 5.48. The zero-order valence-electron chi connectivity index (χ0n) is 19.3. The lowest BCUT2D eigenvalue weighted by molar-refractivity contribution is 0.00830. The molecular formula is C27H26ClN3O3. The zero-order chi connectivity index (χ0) is 24.0. The fourth-order valence-corrected chi connectivity index (χ4v) is 4.42. The highest BCUT2D eigenvalue weighted by Gasteiger charge is 2.35. The van der Waals surface area contributed by atoms with Gasteiger partial charge >= 0.3 is 6.09 Å². The average molecular weight is 476 g/mol. The van der Waals surface area contributed by atoms with E-state index in [0.29, 0.717) is 18.1 Å². The molecule has 174 valence electrons. The molecule has 1 aliphatic rings. The van der Waals surface area contributed by atoms with Gasteiger partial charge in [0, 0.05) is 53.4 Å². The van der Waals surface area contributed by atoms with Crippen molar-refractivity contribution in [1.82, 2.24) is 14.5 Å². The molecule has 2 aromatic heterocycles. The van der Waals surface area contributed by atoms with Gasteiger partial charge in [0.1, 0.15) is 5.60 Å². The smallest absolute Gasteiger partial charge is 0.410 e. The van der Waals surface area contributed by atoms with Crippen molar-refractivity contribution in [2.75, 3.05) is 13.1 Å². The number of hydrogen-bond donors (Lipinski definition) is 1. The number of nitrogens with one attached hydrogen (secondary N) is 1. The van der Waals surface area contributed by atoms with E-state index < -0.39 is 5.60 Å². The molecule has 0 radical (unpaired) electrons. The number of carbonyl (C=O) groups excluding carboxylic acids is 1. The first-order valence-electron chi connectivity index (χ1n) is 11.3. The summed E-state index contributed by atoms with van der Waals surface area (Å²) in [6.45, 7) is 6.88. The molecular weight excluding hydrogens is 450 g/mol. The minimum absolute atomic E-state index is 0.106. The van der Waals surface area contributed by atoms with Crippen LogP contribution in [0.4, 0.5) is 4.79 Å². The number of pyridine rings is 1. The van der Waals surface area contributed by atoms with Crippen molar-refractivity contribution in [2.45, 2.75) is 32.3 Å². The number of aromatic nitrogens is 2. The topological polar surface area (TPSA) is 67.3 Å². The van der Waals surface area contributed by atoms with Gasteiger partial charge in [0.25, 0.3) is 5.56 Å². The van der Waals surface area contributed by atoms with Gasteiger partial charge in [0.15, 0.2) is 0 Å². The van der Waals surface area contributed by atoms with Crippen LogP contribution in [-0.2, 0) is 4.74 Å². The van der Waals surface area contributed by atoms with E-state index in [-0.39, 0.29) is 17.6 Å². The van der Waals surface area contributed by atoms with Crippen LogP contribution in [0.1, 0.15) is 32.3 Å². The third-order valence-electron chi connectivity index (χ3n) is 6.05. The molecule has 0 bridgehead atoms.